The number of ether oxygens (including phenoxy) is 1. The average Bonchev–Trinajstić information content (AvgIpc) is 2.36. The van der Waals surface area contributed by atoms with Gasteiger partial charge in [0.2, 0.25) is 0 Å². The lowest BCUT2D eigenvalue weighted by molar-refractivity contribution is -0.141. The Hall–Kier alpha value is -1.35. The molecule has 0 aliphatic heterocycles. The first-order chi connectivity index (χ1) is 8.13. The molecule has 0 saturated heterocycles. The van der Waals surface area contributed by atoms with Gasteiger partial charge < -0.3 is 4.74 Å². The van der Waals surface area contributed by atoms with Crippen LogP contribution in [0.5, 0.6) is 0 Å². The van der Waals surface area contributed by atoms with E-state index in [1.807, 2.05) is 18.2 Å². The Morgan fingerprint density at radius 2 is 2.00 bits per heavy atom. The molecule has 0 aromatic heterocycles. The highest BCUT2D eigenvalue weighted by Crippen LogP contribution is 2.10. The van der Waals surface area contributed by atoms with Crippen LogP contribution in [0.2, 0.25) is 0 Å². The summed E-state index contributed by atoms with van der Waals surface area (Å²) in [4.78, 5) is 13.3. The van der Waals surface area contributed by atoms with Crippen LogP contribution >= 0.6 is 0 Å². The van der Waals surface area contributed by atoms with Crippen molar-refractivity contribution >= 4 is 5.97 Å². The molecule has 0 fully saturated rings. The van der Waals surface area contributed by atoms with Gasteiger partial charge in [-0.1, -0.05) is 30.3 Å². The Morgan fingerprint density at radius 1 is 1.35 bits per heavy atom. The maximum absolute atomic E-state index is 11.1. The third kappa shape index (κ3) is 5.00. The van der Waals surface area contributed by atoms with Crippen molar-refractivity contribution in [3.63, 3.8) is 0 Å². The van der Waals surface area contributed by atoms with Gasteiger partial charge in [-0.25, -0.2) is 0 Å². The first-order valence-corrected chi connectivity index (χ1v) is 5.94. The van der Waals surface area contributed by atoms with E-state index < -0.39 is 0 Å². The van der Waals surface area contributed by atoms with Crippen molar-refractivity contribution in [2.24, 2.45) is 0 Å². The number of carbonyl (C=O) groups excluding carboxylic acids is 1. The predicted octanol–water partition coefficient (Wildman–Crippen LogP) is 2.46. The van der Waals surface area contributed by atoms with E-state index in [1.54, 1.807) is 0 Å². The van der Waals surface area contributed by atoms with Gasteiger partial charge in [0.05, 0.1) is 7.11 Å². The minimum atomic E-state index is -0.134. The topological polar surface area (TPSA) is 29.5 Å². The molecule has 1 aromatic carbocycles. The molecular formula is C14H21NO2. The molecule has 0 N–H and O–H groups in total. The first kappa shape index (κ1) is 13.7. The van der Waals surface area contributed by atoms with E-state index in [9.17, 15) is 4.79 Å². The fourth-order valence-electron chi connectivity index (χ4n) is 1.68. The number of carbonyl (C=O) groups is 1. The monoisotopic (exact) mass is 235 g/mol. The van der Waals surface area contributed by atoms with E-state index in [2.05, 4.69) is 35.7 Å². The minimum absolute atomic E-state index is 0.134. The van der Waals surface area contributed by atoms with Gasteiger partial charge in [-0.15, -0.1) is 0 Å². The van der Waals surface area contributed by atoms with E-state index in [-0.39, 0.29) is 5.97 Å². The number of hydrogen-bond donors (Lipinski definition) is 0. The molecule has 0 amide bonds. The van der Waals surface area contributed by atoms with Crippen LogP contribution in [0.3, 0.4) is 0 Å². The highest BCUT2D eigenvalue weighted by atomic mass is 16.5. The maximum Gasteiger partial charge on any atom is 0.305 e. The summed E-state index contributed by atoms with van der Waals surface area (Å²) >= 11 is 0. The van der Waals surface area contributed by atoms with Gasteiger partial charge in [-0.05, 0) is 26.0 Å². The Bertz CT molecular complexity index is 337. The van der Waals surface area contributed by atoms with E-state index in [4.69, 9.17) is 0 Å². The first-order valence-electron chi connectivity index (χ1n) is 5.94. The second-order valence-corrected chi connectivity index (χ2v) is 4.36. The van der Waals surface area contributed by atoms with Gasteiger partial charge in [0.1, 0.15) is 0 Å². The molecule has 0 spiro atoms. The van der Waals surface area contributed by atoms with Crippen LogP contribution in [0, 0.1) is 0 Å². The van der Waals surface area contributed by atoms with Gasteiger partial charge in [-0.2, -0.15) is 0 Å². The number of methoxy groups -OCH3 is 1. The summed E-state index contributed by atoms with van der Waals surface area (Å²) in [5.74, 6) is -0.134. The molecule has 1 unspecified atom stereocenters. The van der Waals surface area contributed by atoms with Gasteiger partial charge in [-0.3, -0.25) is 9.69 Å². The second-order valence-electron chi connectivity index (χ2n) is 4.36. The maximum atomic E-state index is 11.1. The molecule has 0 saturated carbocycles. The van der Waals surface area contributed by atoms with E-state index in [0.717, 1.165) is 13.0 Å². The van der Waals surface area contributed by atoms with Crippen molar-refractivity contribution in [1.29, 1.82) is 0 Å². The van der Waals surface area contributed by atoms with Gasteiger partial charge in [0, 0.05) is 19.0 Å². The van der Waals surface area contributed by atoms with Crippen LogP contribution in [0.15, 0.2) is 30.3 Å². The molecule has 1 atom stereocenters. The fraction of sp³-hybridized carbons (Fsp3) is 0.500. The molecular weight excluding hydrogens is 214 g/mol. The summed E-state index contributed by atoms with van der Waals surface area (Å²) in [6.07, 6.45) is 1.31. The van der Waals surface area contributed by atoms with E-state index >= 15 is 0 Å². The summed E-state index contributed by atoms with van der Waals surface area (Å²) < 4.78 is 4.64. The van der Waals surface area contributed by atoms with Crippen molar-refractivity contribution in [3.05, 3.63) is 35.9 Å². The normalized spacial score (nSPS) is 12.5. The predicted molar refractivity (Wildman–Crippen MR) is 68.6 cm³/mol. The molecule has 3 nitrogen and oxygen atoms in total. The number of rotatable bonds is 6. The smallest absolute Gasteiger partial charge is 0.305 e. The molecule has 0 radical (unpaired) electrons. The van der Waals surface area contributed by atoms with Crippen molar-refractivity contribution in [1.82, 2.24) is 4.90 Å². The Labute approximate surface area is 103 Å². The highest BCUT2D eigenvalue weighted by Gasteiger charge is 2.11. The van der Waals surface area contributed by atoms with Crippen molar-refractivity contribution in [3.8, 4) is 0 Å². The summed E-state index contributed by atoms with van der Waals surface area (Å²) in [6.45, 7) is 3.04. The van der Waals surface area contributed by atoms with Crippen LogP contribution in [0.25, 0.3) is 0 Å². The van der Waals surface area contributed by atoms with Crippen LogP contribution in [0.1, 0.15) is 25.3 Å². The van der Waals surface area contributed by atoms with Crippen LogP contribution < -0.4 is 0 Å². The summed E-state index contributed by atoms with van der Waals surface area (Å²) in [5.41, 5.74) is 1.29. The standard InChI is InChI=1S/C14H21NO2/c1-12(9-10-14(16)17-3)15(2)11-13-7-5-4-6-8-13/h4-8,12H,9-11H2,1-3H3. The number of benzene rings is 1. The molecule has 17 heavy (non-hydrogen) atoms. The fourth-order valence-corrected chi connectivity index (χ4v) is 1.68. The molecule has 1 aromatic rings. The van der Waals surface area contributed by atoms with Crippen LogP contribution in [-0.4, -0.2) is 31.1 Å². The largest absolute Gasteiger partial charge is 0.469 e. The molecule has 0 heterocycles. The van der Waals surface area contributed by atoms with Gasteiger partial charge in [0.15, 0.2) is 0 Å². The van der Waals surface area contributed by atoms with Crippen LogP contribution in [0.4, 0.5) is 0 Å². The van der Waals surface area contributed by atoms with Gasteiger partial charge in [0.25, 0.3) is 0 Å². The Kier molecular flexibility index (Phi) is 5.70. The van der Waals surface area contributed by atoms with Crippen LogP contribution in [-0.2, 0) is 16.1 Å². The molecule has 0 aliphatic carbocycles. The number of hydrogen-bond acceptors (Lipinski definition) is 3. The second kappa shape index (κ2) is 7.07. The molecule has 94 valence electrons. The number of esters is 1. The third-order valence-electron chi connectivity index (χ3n) is 3.02. The summed E-state index contributed by atoms with van der Waals surface area (Å²) in [7, 11) is 3.51. The van der Waals surface area contributed by atoms with Crippen molar-refractivity contribution < 1.29 is 9.53 Å². The quantitative estimate of drug-likeness (QED) is 0.709. The summed E-state index contributed by atoms with van der Waals surface area (Å²) in [6, 6.07) is 10.7. The Morgan fingerprint density at radius 3 is 2.59 bits per heavy atom. The molecule has 1 rings (SSSR count). The Balaban J connectivity index is 2.37. The van der Waals surface area contributed by atoms with E-state index in [1.165, 1.54) is 12.7 Å². The summed E-state index contributed by atoms with van der Waals surface area (Å²) in [5, 5.41) is 0. The molecule has 0 bridgehead atoms. The average molecular weight is 235 g/mol. The van der Waals surface area contributed by atoms with Crippen molar-refractivity contribution in [2.45, 2.75) is 32.4 Å². The molecule has 3 heteroatoms. The zero-order valence-corrected chi connectivity index (χ0v) is 10.8. The third-order valence-corrected chi connectivity index (χ3v) is 3.02. The zero-order chi connectivity index (χ0) is 12.7. The SMILES string of the molecule is COC(=O)CCC(C)N(C)Cc1ccccc1. The lowest BCUT2D eigenvalue weighted by Crippen LogP contribution is -2.29. The van der Waals surface area contributed by atoms with Gasteiger partial charge >= 0.3 is 5.97 Å². The zero-order valence-electron chi connectivity index (χ0n) is 10.8. The highest BCUT2D eigenvalue weighted by molar-refractivity contribution is 5.69. The lowest BCUT2D eigenvalue weighted by atomic mass is 10.1. The number of nitrogens with zero attached hydrogens (tertiary/aromatic N) is 1. The van der Waals surface area contributed by atoms with Crippen molar-refractivity contribution in [2.75, 3.05) is 14.2 Å². The molecule has 0 aliphatic rings. The minimum Gasteiger partial charge on any atom is -0.469 e. The lowest BCUT2D eigenvalue weighted by Gasteiger charge is -2.24. The van der Waals surface area contributed by atoms with E-state index in [0.29, 0.717) is 12.5 Å².